The maximum Gasteiger partial charge on any atom is 0.0438 e. The minimum atomic E-state index is 0.303. The van der Waals surface area contributed by atoms with Gasteiger partial charge in [-0.25, -0.2) is 0 Å². The highest BCUT2D eigenvalue weighted by atomic mass is 32.2. The van der Waals surface area contributed by atoms with Gasteiger partial charge < -0.3 is 10.4 Å². The van der Waals surface area contributed by atoms with E-state index in [0.29, 0.717) is 18.1 Å². The third kappa shape index (κ3) is 7.93. The van der Waals surface area contributed by atoms with Crippen LogP contribution in [0.25, 0.3) is 0 Å². The average Bonchev–Trinajstić information content (AvgIpc) is 2.41. The lowest BCUT2D eigenvalue weighted by atomic mass is 9.85. The summed E-state index contributed by atoms with van der Waals surface area (Å²) < 4.78 is 0. The molecule has 0 aliphatic rings. The van der Waals surface area contributed by atoms with Crippen molar-refractivity contribution in [3.63, 3.8) is 0 Å². The predicted octanol–water partition coefficient (Wildman–Crippen LogP) is 3.87. The molecule has 1 unspecified atom stereocenters. The SMILES string of the molecule is CC(C)(C)CC(NCCSCCCO)c1ccccc1. The van der Waals surface area contributed by atoms with Gasteiger partial charge in [-0.05, 0) is 29.6 Å². The Hall–Kier alpha value is -0.510. The fourth-order valence-corrected chi connectivity index (χ4v) is 2.98. The minimum Gasteiger partial charge on any atom is -0.396 e. The molecule has 0 bridgehead atoms. The lowest BCUT2D eigenvalue weighted by Crippen LogP contribution is -2.27. The van der Waals surface area contributed by atoms with E-state index in [1.807, 2.05) is 11.8 Å². The first kappa shape index (κ1) is 17.5. The van der Waals surface area contributed by atoms with Crippen molar-refractivity contribution in [1.29, 1.82) is 0 Å². The quantitative estimate of drug-likeness (QED) is 0.678. The summed E-state index contributed by atoms with van der Waals surface area (Å²) in [4.78, 5) is 0. The molecule has 0 aliphatic heterocycles. The van der Waals surface area contributed by atoms with Crippen LogP contribution in [-0.4, -0.2) is 29.8 Å². The molecule has 20 heavy (non-hydrogen) atoms. The highest BCUT2D eigenvalue weighted by molar-refractivity contribution is 7.99. The predicted molar refractivity (Wildman–Crippen MR) is 90.3 cm³/mol. The summed E-state index contributed by atoms with van der Waals surface area (Å²) >= 11 is 1.91. The number of hydrogen-bond donors (Lipinski definition) is 2. The van der Waals surface area contributed by atoms with E-state index in [4.69, 9.17) is 5.11 Å². The molecule has 0 aromatic heterocycles. The van der Waals surface area contributed by atoms with E-state index in [2.05, 4.69) is 56.4 Å². The van der Waals surface area contributed by atoms with E-state index in [1.54, 1.807) is 0 Å². The van der Waals surface area contributed by atoms with Crippen molar-refractivity contribution in [2.24, 2.45) is 5.41 Å². The highest BCUT2D eigenvalue weighted by Gasteiger charge is 2.19. The van der Waals surface area contributed by atoms with Crippen LogP contribution >= 0.6 is 11.8 Å². The van der Waals surface area contributed by atoms with Crippen molar-refractivity contribution >= 4 is 11.8 Å². The molecule has 0 amide bonds. The van der Waals surface area contributed by atoms with Gasteiger partial charge in [-0.1, -0.05) is 51.1 Å². The monoisotopic (exact) mass is 295 g/mol. The zero-order valence-corrected chi connectivity index (χ0v) is 13.9. The van der Waals surface area contributed by atoms with Crippen molar-refractivity contribution < 1.29 is 5.11 Å². The fraction of sp³-hybridized carbons (Fsp3) is 0.647. The van der Waals surface area contributed by atoms with Gasteiger partial charge >= 0.3 is 0 Å². The van der Waals surface area contributed by atoms with Crippen LogP contribution in [0.2, 0.25) is 0 Å². The molecule has 3 heteroatoms. The van der Waals surface area contributed by atoms with Crippen LogP contribution in [0.3, 0.4) is 0 Å². The van der Waals surface area contributed by atoms with Crippen molar-refractivity contribution in [3.05, 3.63) is 35.9 Å². The molecule has 2 N–H and O–H groups in total. The highest BCUT2D eigenvalue weighted by Crippen LogP contribution is 2.29. The summed E-state index contributed by atoms with van der Waals surface area (Å²) in [6, 6.07) is 11.1. The third-order valence-electron chi connectivity index (χ3n) is 3.10. The molecule has 0 saturated carbocycles. The molecule has 1 aromatic carbocycles. The van der Waals surface area contributed by atoms with Gasteiger partial charge in [0.2, 0.25) is 0 Å². The van der Waals surface area contributed by atoms with E-state index in [-0.39, 0.29) is 0 Å². The largest absolute Gasteiger partial charge is 0.396 e. The molecule has 1 rings (SSSR count). The Balaban J connectivity index is 2.43. The second-order valence-corrected chi connectivity index (χ2v) is 7.60. The fourth-order valence-electron chi connectivity index (χ4n) is 2.18. The van der Waals surface area contributed by atoms with E-state index >= 15 is 0 Å². The second kappa shape index (κ2) is 9.43. The van der Waals surface area contributed by atoms with Crippen molar-refractivity contribution in [1.82, 2.24) is 5.32 Å². The van der Waals surface area contributed by atoms with Crippen LogP contribution in [0.5, 0.6) is 0 Å². The lowest BCUT2D eigenvalue weighted by Gasteiger charge is -2.27. The molecule has 1 atom stereocenters. The maximum atomic E-state index is 8.76. The first-order valence-corrected chi connectivity index (χ1v) is 8.65. The van der Waals surface area contributed by atoms with Gasteiger partial charge in [0.15, 0.2) is 0 Å². The Kier molecular flexibility index (Phi) is 8.27. The van der Waals surface area contributed by atoms with Gasteiger partial charge in [0.1, 0.15) is 0 Å². The molecular formula is C17H29NOS. The topological polar surface area (TPSA) is 32.3 Å². The number of thioether (sulfide) groups is 1. The smallest absolute Gasteiger partial charge is 0.0438 e. The van der Waals surface area contributed by atoms with Gasteiger partial charge in [-0.2, -0.15) is 11.8 Å². The van der Waals surface area contributed by atoms with Crippen molar-refractivity contribution in [3.8, 4) is 0 Å². The van der Waals surface area contributed by atoms with Gasteiger partial charge in [-0.15, -0.1) is 0 Å². The molecule has 0 saturated heterocycles. The summed E-state index contributed by atoms with van der Waals surface area (Å²) in [6.45, 7) is 8.20. The van der Waals surface area contributed by atoms with Crippen molar-refractivity contribution in [2.75, 3.05) is 24.7 Å². The van der Waals surface area contributed by atoms with Gasteiger partial charge in [-0.3, -0.25) is 0 Å². The molecule has 0 fully saturated rings. The van der Waals surface area contributed by atoms with E-state index in [9.17, 15) is 0 Å². The van der Waals surface area contributed by atoms with Gasteiger partial charge in [0.05, 0.1) is 0 Å². The first-order valence-electron chi connectivity index (χ1n) is 7.50. The summed E-state index contributed by atoms with van der Waals surface area (Å²) in [7, 11) is 0. The Bertz CT molecular complexity index is 348. The summed E-state index contributed by atoms with van der Waals surface area (Å²) in [5.74, 6) is 2.15. The standard InChI is InChI=1S/C17H29NOS/c1-17(2,3)14-16(15-8-5-4-6-9-15)18-10-13-20-12-7-11-19/h4-6,8-9,16,18-19H,7,10-14H2,1-3H3. The van der Waals surface area contributed by atoms with E-state index in [1.165, 1.54) is 5.56 Å². The Morgan fingerprint density at radius 1 is 1.15 bits per heavy atom. The molecule has 1 aromatic rings. The Labute approximate surface area is 128 Å². The molecule has 0 heterocycles. The molecule has 0 aliphatic carbocycles. The molecular weight excluding hydrogens is 266 g/mol. The van der Waals surface area contributed by atoms with Crippen LogP contribution < -0.4 is 5.32 Å². The lowest BCUT2D eigenvalue weighted by molar-refractivity contribution is 0.296. The van der Waals surface area contributed by atoms with Gasteiger partial charge in [0.25, 0.3) is 0 Å². The number of benzene rings is 1. The summed E-state index contributed by atoms with van der Waals surface area (Å²) in [5, 5.41) is 12.4. The average molecular weight is 295 g/mol. The number of aliphatic hydroxyl groups is 1. The van der Waals surface area contributed by atoms with E-state index in [0.717, 1.165) is 30.9 Å². The van der Waals surface area contributed by atoms with Crippen LogP contribution in [0.4, 0.5) is 0 Å². The van der Waals surface area contributed by atoms with Crippen LogP contribution in [0, 0.1) is 5.41 Å². The second-order valence-electron chi connectivity index (χ2n) is 6.37. The van der Waals surface area contributed by atoms with Crippen molar-refractivity contribution in [2.45, 2.75) is 39.7 Å². The normalized spacial score (nSPS) is 13.4. The number of aliphatic hydroxyl groups excluding tert-OH is 1. The molecule has 0 spiro atoms. The zero-order chi connectivity index (χ0) is 14.8. The third-order valence-corrected chi connectivity index (χ3v) is 4.17. The molecule has 0 radical (unpaired) electrons. The number of nitrogens with one attached hydrogen (secondary N) is 1. The van der Waals surface area contributed by atoms with Crippen LogP contribution in [0.15, 0.2) is 30.3 Å². The number of rotatable bonds is 9. The summed E-state index contributed by atoms with van der Waals surface area (Å²) in [6.07, 6.45) is 2.03. The van der Waals surface area contributed by atoms with Gasteiger partial charge in [0, 0.05) is 24.9 Å². The minimum absolute atomic E-state index is 0.303. The Morgan fingerprint density at radius 3 is 2.45 bits per heavy atom. The molecule has 2 nitrogen and oxygen atoms in total. The molecule has 114 valence electrons. The maximum absolute atomic E-state index is 8.76. The Morgan fingerprint density at radius 2 is 1.85 bits per heavy atom. The van der Waals surface area contributed by atoms with Crippen LogP contribution in [-0.2, 0) is 0 Å². The summed E-state index contributed by atoms with van der Waals surface area (Å²) in [5.41, 5.74) is 1.69. The zero-order valence-electron chi connectivity index (χ0n) is 13.1. The van der Waals surface area contributed by atoms with Crippen LogP contribution in [0.1, 0.15) is 45.2 Å². The first-order chi connectivity index (χ1) is 9.53. The van der Waals surface area contributed by atoms with E-state index < -0.39 is 0 Å². The number of hydrogen-bond acceptors (Lipinski definition) is 3.